The number of rotatable bonds is 5. The molecule has 0 aliphatic carbocycles. The van der Waals surface area contributed by atoms with Gasteiger partial charge in [0.05, 0.1) is 19.1 Å². The molecule has 1 aliphatic rings. The monoisotopic (exact) mass is 327 g/mol. The van der Waals surface area contributed by atoms with Gasteiger partial charge in [-0.15, -0.1) is 0 Å². The van der Waals surface area contributed by atoms with E-state index in [1.54, 1.807) is 4.90 Å². The SMILES string of the molecule is O=C(O)CC1CN(C(=O)CCc2ccc3ccccc3c2)CCO1. The summed E-state index contributed by atoms with van der Waals surface area (Å²) in [6.07, 6.45) is 0.651. The molecule has 0 bridgehead atoms. The highest BCUT2D eigenvalue weighted by Gasteiger charge is 2.25. The van der Waals surface area contributed by atoms with Gasteiger partial charge in [-0.3, -0.25) is 9.59 Å². The standard InChI is InChI=1S/C19H21NO4/c21-18(20-9-10-24-17(13-20)12-19(22)23)8-6-14-5-7-15-3-1-2-4-16(15)11-14/h1-5,7,11,17H,6,8-10,12-13H2,(H,22,23). The maximum atomic E-state index is 12.4. The average molecular weight is 327 g/mol. The lowest BCUT2D eigenvalue weighted by atomic mass is 10.0. The van der Waals surface area contributed by atoms with Crippen LogP contribution in [0.25, 0.3) is 10.8 Å². The fourth-order valence-electron chi connectivity index (χ4n) is 3.07. The van der Waals surface area contributed by atoms with Gasteiger partial charge < -0.3 is 14.7 Å². The van der Waals surface area contributed by atoms with Crippen LogP contribution in [0.3, 0.4) is 0 Å². The molecule has 0 radical (unpaired) electrons. The highest BCUT2D eigenvalue weighted by atomic mass is 16.5. The zero-order chi connectivity index (χ0) is 16.9. The number of amides is 1. The van der Waals surface area contributed by atoms with E-state index in [0.29, 0.717) is 32.5 Å². The largest absolute Gasteiger partial charge is 0.481 e. The van der Waals surface area contributed by atoms with Crippen molar-refractivity contribution in [2.24, 2.45) is 0 Å². The van der Waals surface area contributed by atoms with Gasteiger partial charge in [0.2, 0.25) is 5.91 Å². The zero-order valence-electron chi connectivity index (χ0n) is 13.5. The number of carboxylic acid groups (broad SMARTS) is 1. The lowest BCUT2D eigenvalue weighted by molar-refractivity contribution is -0.147. The molecule has 2 aromatic rings. The van der Waals surface area contributed by atoms with E-state index < -0.39 is 12.1 Å². The molecule has 1 amide bonds. The molecule has 1 atom stereocenters. The Morgan fingerprint density at radius 1 is 1.17 bits per heavy atom. The summed E-state index contributed by atoms with van der Waals surface area (Å²) in [6, 6.07) is 14.4. The number of ether oxygens (including phenoxy) is 1. The van der Waals surface area contributed by atoms with E-state index in [9.17, 15) is 9.59 Å². The Morgan fingerprint density at radius 2 is 1.96 bits per heavy atom. The van der Waals surface area contributed by atoms with Crippen LogP contribution in [0.4, 0.5) is 0 Å². The molecule has 1 fully saturated rings. The summed E-state index contributed by atoms with van der Waals surface area (Å²) in [6.45, 7) is 1.30. The number of carboxylic acids is 1. The first-order valence-corrected chi connectivity index (χ1v) is 8.20. The van der Waals surface area contributed by atoms with Crippen molar-refractivity contribution in [1.29, 1.82) is 0 Å². The summed E-state index contributed by atoms with van der Waals surface area (Å²) in [5.41, 5.74) is 1.14. The number of fused-ring (bicyclic) bond motifs is 1. The van der Waals surface area contributed by atoms with E-state index in [4.69, 9.17) is 9.84 Å². The zero-order valence-corrected chi connectivity index (χ0v) is 13.5. The molecule has 0 aromatic heterocycles. The number of nitrogens with zero attached hydrogens (tertiary/aromatic N) is 1. The highest BCUT2D eigenvalue weighted by molar-refractivity contribution is 5.83. The lowest BCUT2D eigenvalue weighted by Gasteiger charge is -2.32. The number of benzene rings is 2. The van der Waals surface area contributed by atoms with Crippen molar-refractivity contribution in [3.8, 4) is 0 Å². The van der Waals surface area contributed by atoms with Gasteiger partial charge in [0.15, 0.2) is 0 Å². The Bertz CT molecular complexity index is 743. The molecule has 1 aliphatic heterocycles. The summed E-state index contributed by atoms with van der Waals surface area (Å²) >= 11 is 0. The number of aliphatic carboxylic acids is 1. The van der Waals surface area contributed by atoms with Crippen LogP contribution in [-0.2, 0) is 20.7 Å². The maximum absolute atomic E-state index is 12.4. The molecule has 5 nitrogen and oxygen atoms in total. The minimum atomic E-state index is -0.898. The van der Waals surface area contributed by atoms with E-state index >= 15 is 0 Å². The molecule has 126 valence electrons. The van der Waals surface area contributed by atoms with E-state index in [1.807, 2.05) is 12.1 Å². The lowest BCUT2D eigenvalue weighted by Crippen LogP contribution is -2.46. The van der Waals surface area contributed by atoms with Crippen LogP contribution in [0.1, 0.15) is 18.4 Å². The first-order valence-electron chi connectivity index (χ1n) is 8.20. The first kappa shape index (κ1) is 16.5. The van der Waals surface area contributed by atoms with Gasteiger partial charge in [-0.2, -0.15) is 0 Å². The summed E-state index contributed by atoms with van der Waals surface area (Å²) in [4.78, 5) is 24.9. The molecule has 1 N–H and O–H groups in total. The van der Waals surface area contributed by atoms with Crippen molar-refractivity contribution in [1.82, 2.24) is 4.90 Å². The first-order chi connectivity index (χ1) is 11.6. The van der Waals surface area contributed by atoms with Gasteiger partial charge in [-0.1, -0.05) is 42.5 Å². The van der Waals surface area contributed by atoms with Crippen molar-refractivity contribution < 1.29 is 19.4 Å². The van der Waals surface area contributed by atoms with Gasteiger partial charge >= 0.3 is 5.97 Å². The Balaban J connectivity index is 1.56. The quantitative estimate of drug-likeness (QED) is 0.916. The second-order valence-corrected chi connectivity index (χ2v) is 6.11. The predicted octanol–water partition coefficient (Wildman–Crippen LogP) is 2.47. The summed E-state index contributed by atoms with van der Waals surface area (Å²) in [7, 11) is 0. The van der Waals surface area contributed by atoms with Crippen LogP contribution in [0.2, 0.25) is 0 Å². The third-order valence-corrected chi connectivity index (χ3v) is 4.34. The van der Waals surface area contributed by atoms with Crippen LogP contribution in [0.5, 0.6) is 0 Å². The highest BCUT2D eigenvalue weighted by Crippen LogP contribution is 2.17. The molecular formula is C19H21NO4. The molecule has 5 heteroatoms. The molecule has 0 spiro atoms. The summed E-state index contributed by atoms with van der Waals surface area (Å²) in [5, 5.41) is 11.2. The number of hydrogen-bond donors (Lipinski definition) is 1. The fraction of sp³-hybridized carbons (Fsp3) is 0.368. The Labute approximate surface area is 140 Å². The molecule has 24 heavy (non-hydrogen) atoms. The minimum absolute atomic E-state index is 0.0573. The molecular weight excluding hydrogens is 306 g/mol. The average Bonchev–Trinajstić information content (AvgIpc) is 2.59. The third-order valence-electron chi connectivity index (χ3n) is 4.34. The van der Waals surface area contributed by atoms with Crippen LogP contribution < -0.4 is 0 Å². The van der Waals surface area contributed by atoms with Crippen LogP contribution in [0, 0.1) is 0 Å². The normalized spacial score (nSPS) is 17.8. The van der Waals surface area contributed by atoms with Crippen molar-refractivity contribution in [3.05, 3.63) is 48.0 Å². The smallest absolute Gasteiger partial charge is 0.306 e. The Kier molecular flexibility index (Phi) is 5.11. The van der Waals surface area contributed by atoms with Gasteiger partial charge in [-0.05, 0) is 22.8 Å². The van der Waals surface area contributed by atoms with E-state index in [1.165, 1.54) is 10.8 Å². The van der Waals surface area contributed by atoms with Crippen molar-refractivity contribution in [2.45, 2.75) is 25.4 Å². The minimum Gasteiger partial charge on any atom is -0.481 e. The van der Waals surface area contributed by atoms with E-state index in [0.717, 1.165) is 5.56 Å². The molecule has 1 unspecified atom stereocenters. The number of carbonyl (C=O) groups is 2. The van der Waals surface area contributed by atoms with Gasteiger partial charge in [-0.25, -0.2) is 0 Å². The van der Waals surface area contributed by atoms with Crippen molar-refractivity contribution in [2.75, 3.05) is 19.7 Å². The molecule has 0 saturated carbocycles. The number of carbonyl (C=O) groups excluding carboxylic acids is 1. The van der Waals surface area contributed by atoms with Gasteiger partial charge in [0.1, 0.15) is 0 Å². The Morgan fingerprint density at radius 3 is 2.75 bits per heavy atom. The molecule has 3 rings (SSSR count). The number of hydrogen-bond acceptors (Lipinski definition) is 3. The van der Waals surface area contributed by atoms with Crippen LogP contribution >= 0.6 is 0 Å². The third kappa shape index (κ3) is 4.11. The second-order valence-electron chi connectivity index (χ2n) is 6.11. The number of aryl methyl sites for hydroxylation is 1. The van der Waals surface area contributed by atoms with Gasteiger partial charge in [0.25, 0.3) is 0 Å². The fourth-order valence-corrected chi connectivity index (χ4v) is 3.07. The molecule has 1 saturated heterocycles. The van der Waals surface area contributed by atoms with Crippen LogP contribution in [0.15, 0.2) is 42.5 Å². The molecule has 1 heterocycles. The van der Waals surface area contributed by atoms with E-state index in [-0.39, 0.29) is 12.3 Å². The van der Waals surface area contributed by atoms with E-state index in [2.05, 4.69) is 30.3 Å². The maximum Gasteiger partial charge on any atom is 0.306 e. The Hall–Kier alpha value is -2.40. The summed E-state index contributed by atoms with van der Waals surface area (Å²) in [5.74, 6) is -0.840. The number of morpholine rings is 1. The molecule has 2 aromatic carbocycles. The summed E-state index contributed by atoms with van der Waals surface area (Å²) < 4.78 is 5.41. The second kappa shape index (κ2) is 7.45. The van der Waals surface area contributed by atoms with Gasteiger partial charge in [0, 0.05) is 19.5 Å². The van der Waals surface area contributed by atoms with Crippen molar-refractivity contribution >= 4 is 22.6 Å². The predicted molar refractivity (Wildman–Crippen MR) is 90.8 cm³/mol. The topological polar surface area (TPSA) is 66.8 Å². The van der Waals surface area contributed by atoms with Crippen molar-refractivity contribution in [3.63, 3.8) is 0 Å². The van der Waals surface area contributed by atoms with Crippen LogP contribution in [-0.4, -0.2) is 47.7 Å².